The Kier molecular flexibility index (Phi) is 4.71. The standard InChI is InChI=1S/C21H18ClN5O/c1-13-11-27(12-25-13)18-8-7-16(23)19(20(18)28-2)21-24-10-9-17(26-21)14-3-5-15(22)6-4-14/h3-12H,23H2,1-2H3. The molecule has 2 aromatic heterocycles. The van der Waals surface area contributed by atoms with E-state index >= 15 is 0 Å². The maximum absolute atomic E-state index is 6.29. The van der Waals surface area contributed by atoms with Crippen molar-refractivity contribution in [3.05, 3.63) is 71.9 Å². The lowest BCUT2D eigenvalue weighted by atomic mass is 10.1. The zero-order valence-electron chi connectivity index (χ0n) is 15.4. The molecule has 4 aromatic rings. The smallest absolute Gasteiger partial charge is 0.165 e. The van der Waals surface area contributed by atoms with Crippen LogP contribution in [0, 0.1) is 6.92 Å². The molecule has 0 aliphatic heterocycles. The fourth-order valence-corrected chi connectivity index (χ4v) is 3.17. The molecule has 28 heavy (non-hydrogen) atoms. The quantitative estimate of drug-likeness (QED) is 0.516. The van der Waals surface area contributed by atoms with E-state index in [-0.39, 0.29) is 0 Å². The lowest BCUT2D eigenvalue weighted by Crippen LogP contribution is -2.03. The van der Waals surface area contributed by atoms with Crippen LogP contribution in [0.4, 0.5) is 5.69 Å². The normalized spacial score (nSPS) is 10.8. The van der Waals surface area contributed by atoms with Crippen molar-refractivity contribution in [2.75, 3.05) is 12.8 Å². The summed E-state index contributed by atoms with van der Waals surface area (Å²) in [7, 11) is 1.61. The summed E-state index contributed by atoms with van der Waals surface area (Å²) in [5.41, 5.74) is 10.9. The van der Waals surface area contributed by atoms with Crippen molar-refractivity contribution in [3.8, 4) is 34.1 Å². The second kappa shape index (κ2) is 7.32. The van der Waals surface area contributed by atoms with Crippen LogP contribution in [0.2, 0.25) is 5.02 Å². The molecule has 140 valence electrons. The first kappa shape index (κ1) is 18.0. The molecule has 0 bridgehead atoms. The van der Waals surface area contributed by atoms with Crippen molar-refractivity contribution >= 4 is 17.3 Å². The van der Waals surface area contributed by atoms with Gasteiger partial charge in [0.1, 0.15) is 0 Å². The highest BCUT2D eigenvalue weighted by molar-refractivity contribution is 6.30. The minimum absolute atomic E-state index is 0.487. The van der Waals surface area contributed by atoms with Crippen LogP contribution in [0.25, 0.3) is 28.3 Å². The van der Waals surface area contributed by atoms with Crippen molar-refractivity contribution < 1.29 is 4.74 Å². The Bertz CT molecular complexity index is 1140. The zero-order valence-corrected chi connectivity index (χ0v) is 16.2. The Morgan fingerprint density at radius 3 is 2.50 bits per heavy atom. The molecule has 0 spiro atoms. The van der Waals surface area contributed by atoms with E-state index in [2.05, 4.69) is 9.97 Å². The summed E-state index contributed by atoms with van der Waals surface area (Å²) in [5.74, 6) is 1.08. The average molecular weight is 392 g/mol. The van der Waals surface area contributed by atoms with E-state index in [0.29, 0.717) is 27.8 Å². The highest BCUT2D eigenvalue weighted by Gasteiger charge is 2.19. The number of nitrogens with two attached hydrogens (primary N) is 1. The summed E-state index contributed by atoms with van der Waals surface area (Å²) in [6, 6.07) is 13.0. The molecule has 2 N–H and O–H groups in total. The third-order valence-electron chi connectivity index (χ3n) is 4.38. The topological polar surface area (TPSA) is 78.9 Å². The van der Waals surface area contributed by atoms with Crippen molar-refractivity contribution in [2.24, 2.45) is 0 Å². The molecule has 6 nitrogen and oxygen atoms in total. The van der Waals surface area contributed by atoms with E-state index in [0.717, 1.165) is 22.6 Å². The van der Waals surface area contributed by atoms with Crippen molar-refractivity contribution in [1.29, 1.82) is 0 Å². The summed E-state index contributed by atoms with van der Waals surface area (Å²) in [6.07, 6.45) is 5.36. The SMILES string of the molecule is COc1c(-n2cnc(C)c2)ccc(N)c1-c1nccc(-c2ccc(Cl)cc2)n1. The van der Waals surface area contributed by atoms with E-state index in [9.17, 15) is 0 Å². The van der Waals surface area contributed by atoms with Crippen LogP contribution in [0.15, 0.2) is 61.2 Å². The minimum Gasteiger partial charge on any atom is -0.494 e. The summed E-state index contributed by atoms with van der Waals surface area (Å²) in [6.45, 7) is 1.93. The summed E-state index contributed by atoms with van der Waals surface area (Å²) in [5, 5.41) is 0.673. The minimum atomic E-state index is 0.487. The molecule has 0 aliphatic carbocycles. The monoisotopic (exact) mass is 391 g/mol. The lowest BCUT2D eigenvalue weighted by molar-refractivity contribution is 0.414. The third kappa shape index (κ3) is 3.30. The second-order valence-electron chi connectivity index (χ2n) is 6.28. The van der Waals surface area contributed by atoms with Gasteiger partial charge in [0.05, 0.1) is 36.1 Å². The number of ether oxygens (including phenoxy) is 1. The highest BCUT2D eigenvalue weighted by Crippen LogP contribution is 2.38. The van der Waals surface area contributed by atoms with Crippen LogP contribution in [0.1, 0.15) is 5.69 Å². The highest BCUT2D eigenvalue weighted by atomic mass is 35.5. The molecule has 0 aliphatic rings. The van der Waals surface area contributed by atoms with Gasteiger partial charge in [-0.15, -0.1) is 0 Å². The van der Waals surface area contributed by atoms with Gasteiger partial charge in [-0.25, -0.2) is 15.0 Å². The van der Waals surface area contributed by atoms with Crippen molar-refractivity contribution in [2.45, 2.75) is 6.92 Å². The summed E-state index contributed by atoms with van der Waals surface area (Å²) >= 11 is 5.99. The Morgan fingerprint density at radius 1 is 1.04 bits per heavy atom. The predicted molar refractivity (Wildman–Crippen MR) is 111 cm³/mol. The van der Waals surface area contributed by atoms with E-state index in [1.54, 1.807) is 19.6 Å². The van der Waals surface area contributed by atoms with Gasteiger partial charge in [0.2, 0.25) is 0 Å². The van der Waals surface area contributed by atoms with E-state index < -0.39 is 0 Å². The van der Waals surface area contributed by atoms with Gasteiger partial charge in [-0.2, -0.15) is 0 Å². The van der Waals surface area contributed by atoms with Crippen LogP contribution in [0.3, 0.4) is 0 Å². The Morgan fingerprint density at radius 2 is 1.82 bits per heavy atom. The van der Waals surface area contributed by atoms with E-state index in [1.807, 2.05) is 60.2 Å². The molecule has 0 radical (unpaired) electrons. The van der Waals surface area contributed by atoms with Crippen molar-refractivity contribution in [1.82, 2.24) is 19.5 Å². The molecule has 0 saturated carbocycles. The van der Waals surface area contributed by atoms with Gasteiger partial charge in [0, 0.05) is 28.7 Å². The maximum atomic E-state index is 6.29. The number of rotatable bonds is 4. The third-order valence-corrected chi connectivity index (χ3v) is 4.63. The number of hydrogen-bond acceptors (Lipinski definition) is 5. The van der Waals surface area contributed by atoms with Gasteiger partial charge in [-0.3, -0.25) is 0 Å². The van der Waals surface area contributed by atoms with E-state index in [1.165, 1.54) is 0 Å². The number of imidazole rings is 1. The molecule has 4 rings (SSSR count). The van der Waals surface area contributed by atoms with Gasteiger partial charge in [-0.1, -0.05) is 23.7 Å². The maximum Gasteiger partial charge on any atom is 0.165 e. The molecule has 0 saturated heterocycles. The number of aryl methyl sites for hydroxylation is 1. The van der Waals surface area contributed by atoms with Crippen LogP contribution in [0.5, 0.6) is 5.75 Å². The molecular weight excluding hydrogens is 374 g/mol. The van der Waals surface area contributed by atoms with E-state index in [4.69, 9.17) is 27.1 Å². The van der Waals surface area contributed by atoms with Gasteiger partial charge in [0.25, 0.3) is 0 Å². The molecule has 2 aromatic carbocycles. The molecule has 7 heteroatoms. The Labute approximate surface area is 167 Å². The fourth-order valence-electron chi connectivity index (χ4n) is 3.04. The number of anilines is 1. The number of hydrogen-bond donors (Lipinski definition) is 1. The summed E-state index contributed by atoms with van der Waals surface area (Å²) < 4.78 is 7.60. The van der Waals surface area contributed by atoms with Crippen molar-refractivity contribution in [3.63, 3.8) is 0 Å². The number of aromatic nitrogens is 4. The first-order valence-corrected chi connectivity index (χ1v) is 9.01. The van der Waals surface area contributed by atoms with Crippen LogP contribution >= 0.6 is 11.6 Å². The first-order valence-electron chi connectivity index (χ1n) is 8.63. The molecule has 2 heterocycles. The zero-order chi connectivity index (χ0) is 19.7. The predicted octanol–water partition coefficient (Wildman–Crippen LogP) is 4.55. The van der Waals surface area contributed by atoms with Gasteiger partial charge < -0.3 is 15.0 Å². The van der Waals surface area contributed by atoms with Gasteiger partial charge in [-0.05, 0) is 37.3 Å². The second-order valence-corrected chi connectivity index (χ2v) is 6.71. The molecule has 0 unspecified atom stereocenters. The number of methoxy groups -OCH3 is 1. The largest absolute Gasteiger partial charge is 0.494 e. The lowest BCUT2D eigenvalue weighted by Gasteiger charge is -2.16. The van der Waals surface area contributed by atoms with Crippen LogP contribution in [-0.2, 0) is 0 Å². The number of benzene rings is 2. The summed E-state index contributed by atoms with van der Waals surface area (Å²) in [4.78, 5) is 13.4. The number of nitrogen functional groups attached to an aromatic ring is 1. The van der Waals surface area contributed by atoms with Crippen LogP contribution in [-0.4, -0.2) is 26.6 Å². The first-order chi connectivity index (χ1) is 13.6. The van der Waals surface area contributed by atoms with Crippen LogP contribution < -0.4 is 10.5 Å². The fraction of sp³-hybridized carbons (Fsp3) is 0.0952. The number of halogens is 1. The molecule has 0 amide bonds. The van der Waals surface area contributed by atoms with Gasteiger partial charge in [0.15, 0.2) is 11.6 Å². The Balaban J connectivity index is 1.87. The molecule has 0 atom stereocenters. The average Bonchev–Trinajstić information content (AvgIpc) is 3.14. The molecular formula is C21H18ClN5O. The Hall–Kier alpha value is -3.38. The molecule has 0 fully saturated rings. The van der Waals surface area contributed by atoms with Gasteiger partial charge >= 0.3 is 0 Å². The number of nitrogens with zero attached hydrogens (tertiary/aromatic N) is 4.